The first-order chi connectivity index (χ1) is 13.4. The standard InChI is InChI=1S/C20H23N5O3/c1-22-17(26)16-11-20(19(21)28,9-7-15-8-10-23-24-15)13-25(18(16)27)12-14-5-3-2-4-6-14/h2-6,8,10-11H,7,9,12-13H2,1H3,(H2,21,28)(H,22,26)(H,23,24). The maximum Gasteiger partial charge on any atom is 0.259 e. The van der Waals surface area contributed by atoms with Crippen molar-refractivity contribution >= 4 is 17.7 Å². The fraction of sp³-hybridized carbons (Fsp3) is 0.300. The molecule has 1 aliphatic heterocycles. The van der Waals surface area contributed by atoms with E-state index in [-0.39, 0.29) is 18.7 Å². The highest BCUT2D eigenvalue weighted by molar-refractivity contribution is 6.19. The molecule has 0 saturated carbocycles. The summed E-state index contributed by atoms with van der Waals surface area (Å²) < 4.78 is 0. The van der Waals surface area contributed by atoms with E-state index in [0.29, 0.717) is 12.8 Å². The lowest BCUT2D eigenvalue weighted by molar-refractivity contribution is -0.136. The highest BCUT2D eigenvalue weighted by Gasteiger charge is 2.44. The summed E-state index contributed by atoms with van der Waals surface area (Å²) in [4.78, 5) is 39.2. The van der Waals surface area contributed by atoms with Crippen LogP contribution in [0.15, 0.2) is 54.2 Å². The summed E-state index contributed by atoms with van der Waals surface area (Å²) in [5, 5.41) is 9.24. The number of nitrogens with one attached hydrogen (secondary N) is 2. The molecule has 28 heavy (non-hydrogen) atoms. The summed E-state index contributed by atoms with van der Waals surface area (Å²) in [6.45, 7) is 0.401. The smallest absolute Gasteiger partial charge is 0.259 e. The number of carbonyl (C=O) groups is 3. The quantitative estimate of drug-likeness (QED) is 0.606. The third-order valence-corrected chi connectivity index (χ3v) is 4.99. The Morgan fingerprint density at radius 3 is 2.64 bits per heavy atom. The number of nitrogens with zero attached hydrogens (tertiary/aromatic N) is 2. The molecule has 0 bridgehead atoms. The monoisotopic (exact) mass is 381 g/mol. The molecule has 4 N–H and O–H groups in total. The van der Waals surface area contributed by atoms with Crippen LogP contribution in [0.1, 0.15) is 17.7 Å². The first-order valence-electron chi connectivity index (χ1n) is 9.01. The Kier molecular flexibility index (Phi) is 5.58. The van der Waals surface area contributed by atoms with Gasteiger partial charge in [-0.1, -0.05) is 30.3 Å². The van der Waals surface area contributed by atoms with E-state index < -0.39 is 23.1 Å². The molecule has 0 radical (unpaired) electrons. The zero-order valence-corrected chi connectivity index (χ0v) is 15.6. The number of aromatic amines is 1. The van der Waals surface area contributed by atoms with E-state index in [9.17, 15) is 14.4 Å². The van der Waals surface area contributed by atoms with Crippen molar-refractivity contribution in [1.29, 1.82) is 0 Å². The molecule has 0 fully saturated rings. The fourth-order valence-electron chi connectivity index (χ4n) is 3.40. The number of benzene rings is 1. The summed E-state index contributed by atoms with van der Waals surface area (Å²) >= 11 is 0. The molecule has 0 saturated heterocycles. The summed E-state index contributed by atoms with van der Waals surface area (Å²) in [6, 6.07) is 11.2. The van der Waals surface area contributed by atoms with Gasteiger partial charge in [-0.05, 0) is 30.5 Å². The highest BCUT2D eigenvalue weighted by Crippen LogP contribution is 2.34. The van der Waals surface area contributed by atoms with Gasteiger partial charge in [0.2, 0.25) is 5.91 Å². The van der Waals surface area contributed by atoms with Crippen LogP contribution < -0.4 is 11.1 Å². The number of primary amides is 1. The number of hydrogen-bond donors (Lipinski definition) is 3. The minimum atomic E-state index is -1.14. The summed E-state index contributed by atoms with van der Waals surface area (Å²) in [5.41, 5.74) is 6.32. The second kappa shape index (κ2) is 8.08. The third kappa shape index (κ3) is 3.95. The van der Waals surface area contributed by atoms with Gasteiger partial charge < -0.3 is 16.0 Å². The number of nitrogens with two attached hydrogens (primary N) is 1. The number of H-pyrrole nitrogens is 1. The van der Waals surface area contributed by atoms with Gasteiger partial charge >= 0.3 is 0 Å². The molecule has 1 aromatic carbocycles. The number of carbonyl (C=O) groups excluding carboxylic acids is 3. The van der Waals surface area contributed by atoms with Crippen molar-refractivity contribution in [2.45, 2.75) is 19.4 Å². The summed E-state index contributed by atoms with van der Waals surface area (Å²) in [6.07, 6.45) is 3.93. The zero-order valence-electron chi connectivity index (χ0n) is 15.6. The lowest BCUT2D eigenvalue weighted by Crippen LogP contribution is -2.53. The van der Waals surface area contributed by atoms with Gasteiger partial charge in [0.1, 0.15) is 5.57 Å². The van der Waals surface area contributed by atoms with Crippen molar-refractivity contribution in [3.05, 3.63) is 65.5 Å². The zero-order chi connectivity index (χ0) is 20.1. The molecule has 3 rings (SSSR count). The number of aryl methyl sites for hydroxylation is 1. The highest BCUT2D eigenvalue weighted by atomic mass is 16.2. The first-order valence-corrected chi connectivity index (χ1v) is 9.01. The molecular formula is C20H23N5O3. The number of rotatable bonds is 7. The van der Waals surface area contributed by atoms with E-state index in [0.717, 1.165) is 11.3 Å². The number of likely N-dealkylation sites (N-methyl/N-ethyl adjacent to an activating group) is 1. The average molecular weight is 381 g/mol. The van der Waals surface area contributed by atoms with E-state index in [2.05, 4.69) is 15.5 Å². The second-order valence-corrected chi connectivity index (χ2v) is 6.89. The Morgan fingerprint density at radius 2 is 2.04 bits per heavy atom. The van der Waals surface area contributed by atoms with E-state index in [1.165, 1.54) is 18.0 Å². The predicted octanol–water partition coefficient (Wildman–Crippen LogP) is 0.529. The fourth-order valence-corrected chi connectivity index (χ4v) is 3.40. The van der Waals surface area contributed by atoms with E-state index in [1.54, 1.807) is 6.20 Å². The average Bonchev–Trinajstić information content (AvgIpc) is 3.22. The second-order valence-electron chi connectivity index (χ2n) is 6.89. The van der Waals surface area contributed by atoms with Crippen molar-refractivity contribution in [2.75, 3.05) is 13.6 Å². The molecule has 2 aromatic rings. The lowest BCUT2D eigenvalue weighted by atomic mass is 9.77. The molecule has 8 heteroatoms. The minimum Gasteiger partial charge on any atom is -0.369 e. The number of amides is 3. The van der Waals surface area contributed by atoms with Gasteiger partial charge in [0.25, 0.3) is 11.8 Å². The van der Waals surface area contributed by atoms with Crippen LogP contribution in [0, 0.1) is 5.41 Å². The Hall–Kier alpha value is -3.42. The van der Waals surface area contributed by atoms with E-state index >= 15 is 0 Å². The Balaban J connectivity index is 1.95. The van der Waals surface area contributed by atoms with Crippen molar-refractivity contribution in [1.82, 2.24) is 20.4 Å². The third-order valence-electron chi connectivity index (χ3n) is 4.99. The summed E-state index contributed by atoms with van der Waals surface area (Å²) in [5.74, 6) is -1.52. The Bertz CT molecular complexity index is 892. The molecule has 8 nitrogen and oxygen atoms in total. The van der Waals surface area contributed by atoms with Crippen LogP contribution in [-0.4, -0.2) is 46.4 Å². The molecular weight excluding hydrogens is 358 g/mol. The van der Waals surface area contributed by atoms with Gasteiger partial charge in [0, 0.05) is 32.0 Å². The van der Waals surface area contributed by atoms with Gasteiger partial charge in [-0.25, -0.2) is 0 Å². The lowest BCUT2D eigenvalue weighted by Gasteiger charge is -2.38. The molecule has 0 aliphatic carbocycles. The number of hydrogen-bond acceptors (Lipinski definition) is 4. The SMILES string of the molecule is CNC(=O)C1=CC(CCc2ccn[nH]2)(C(N)=O)CN(Cc2ccccc2)C1=O. The molecule has 1 aliphatic rings. The van der Waals surface area contributed by atoms with Gasteiger partial charge in [-0.3, -0.25) is 19.5 Å². The van der Waals surface area contributed by atoms with Crippen molar-refractivity contribution in [3.63, 3.8) is 0 Å². The minimum absolute atomic E-state index is 0.0620. The molecule has 3 amide bonds. The van der Waals surface area contributed by atoms with Crippen LogP contribution in [0.5, 0.6) is 0 Å². The molecule has 1 atom stereocenters. The van der Waals surface area contributed by atoms with Crippen LogP contribution >= 0.6 is 0 Å². The maximum atomic E-state index is 12.9. The van der Waals surface area contributed by atoms with Crippen LogP contribution in [0.25, 0.3) is 0 Å². The topological polar surface area (TPSA) is 121 Å². The van der Waals surface area contributed by atoms with Gasteiger partial charge in [0.15, 0.2) is 0 Å². The van der Waals surface area contributed by atoms with E-state index in [1.807, 2.05) is 36.4 Å². The molecule has 1 unspecified atom stereocenters. The Morgan fingerprint density at radius 1 is 1.29 bits per heavy atom. The number of aromatic nitrogens is 2. The van der Waals surface area contributed by atoms with Gasteiger partial charge in [-0.15, -0.1) is 0 Å². The van der Waals surface area contributed by atoms with Crippen LogP contribution in [0.4, 0.5) is 0 Å². The maximum absolute atomic E-state index is 12.9. The Labute approximate surface area is 162 Å². The van der Waals surface area contributed by atoms with Crippen molar-refractivity contribution in [3.8, 4) is 0 Å². The van der Waals surface area contributed by atoms with Crippen LogP contribution in [0.3, 0.4) is 0 Å². The first kappa shape index (κ1) is 19.3. The molecule has 2 heterocycles. The van der Waals surface area contributed by atoms with Gasteiger partial charge in [0.05, 0.1) is 5.41 Å². The van der Waals surface area contributed by atoms with Crippen LogP contribution in [-0.2, 0) is 27.3 Å². The van der Waals surface area contributed by atoms with Gasteiger partial charge in [-0.2, -0.15) is 5.10 Å². The molecule has 146 valence electrons. The normalized spacial score (nSPS) is 19.2. The van der Waals surface area contributed by atoms with E-state index in [4.69, 9.17) is 5.73 Å². The van der Waals surface area contributed by atoms with Crippen LogP contribution in [0.2, 0.25) is 0 Å². The van der Waals surface area contributed by atoms with Crippen molar-refractivity contribution < 1.29 is 14.4 Å². The largest absolute Gasteiger partial charge is 0.369 e. The summed E-state index contributed by atoms with van der Waals surface area (Å²) in [7, 11) is 1.45. The predicted molar refractivity (Wildman–Crippen MR) is 103 cm³/mol. The van der Waals surface area contributed by atoms with Crippen molar-refractivity contribution in [2.24, 2.45) is 11.1 Å². The molecule has 1 aromatic heterocycles. The molecule has 0 spiro atoms.